The SMILES string of the molecule is CC/C=C\C/C=C\C/C=C\C/C=C\C/C=C\CC(=O)OC(COC(=O)CCCCCCC/C=C\C/C=C\C/C=C\CC)COC(=O)CCCCCCCCCCCCCCCCCCCCCCCCCCCCCCCCCCCC. The van der Waals surface area contributed by atoms with E-state index in [1.807, 2.05) is 6.08 Å². The molecule has 0 spiro atoms. The minimum absolute atomic E-state index is 0.0927. The maximum Gasteiger partial charge on any atom is 0.310 e. The lowest BCUT2D eigenvalue weighted by Gasteiger charge is -2.18. The van der Waals surface area contributed by atoms with E-state index in [1.54, 1.807) is 6.08 Å². The summed E-state index contributed by atoms with van der Waals surface area (Å²) in [5, 5.41) is 0. The highest BCUT2D eigenvalue weighted by Gasteiger charge is 2.19. The van der Waals surface area contributed by atoms with Gasteiger partial charge in [0.25, 0.3) is 0 Å². The normalized spacial score (nSPS) is 12.7. The molecule has 82 heavy (non-hydrogen) atoms. The second-order valence-corrected chi connectivity index (χ2v) is 23.4. The predicted molar refractivity (Wildman–Crippen MR) is 357 cm³/mol. The van der Waals surface area contributed by atoms with Gasteiger partial charge in [-0.25, -0.2) is 0 Å². The van der Waals surface area contributed by atoms with Gasteiger partial charge in [-0.2, -0.15) is 0 Å². The number of carbonyl (C=O) groups excluding carboxylic acids is 3. The smallest absolute Gasteiger partial charge is 0.310 e. The van der Waals surface area contributed by atoms with Crippen LogP contribution in [0.5, 0.6) is 0 Å². The Morgan fingerprint density at radius 3 is 0.805 bits per heavy atom. The summed E-state index contributed by atoms with van der Waals surface area (Å²) in [5.41, 5.74) is 0. The number of carbonyl (C=O) groups is 3. The molecule has 0 aromatic carbocycles. The molecule has 0 radical (unpaired) electrons. The van der Waals surface area contributed by atoms with Crippen molar-refractivity contribution in [2.24, 2.45) is 0 Å². The van der Waals surface area contributed by atoms with Gasteiger partial charge in [0.15, 0.2) is 6.10 Å². The third kappa shape index (κ3) is 67.1. The number of allylic oxidation sites excluding steroid dienone is 15. The molecule has 0 bridgehead atoms. The Balaban J connectivity index is 4.17. The molecule has 472 valence electrons. The van der Waals surface area contributed by atoms with Crippen molar-refractivity contribution in [2.45, 2.75) is 354 Å². The molecule has 6 heteroatoms. The second-order valence-electron chi connectivity index (χ2n) is 23.4. The van der Waals surface area contributed by atoms with Gasteiger partial charge < -0.3 is 14.2 Å². The Morgan fingerprint density at radius 1 is 0.268 bits per heavy atom. The fourth-order valence-corrected chi connectivity index (χ4v) is 10.2. The van der Waals surface area contributed by atoms with Gasteiger partial charge >= 0.3 is 17.9 Å². The number of rotatable bonds is 64. The van der Waals surface area contributed by atoms with E-state index in [0.29, 0.717) is 12.8 Å². The van der Waals surface area contributed by atoms with E-state index in [2.05, 4.69) is 106 Å². The molecule has 0 aliphatic carbocycles. The number of hydrogen-bond acceptors (Lipinski definition) is 6. The maximum absolute atomic E-state index is 12.8. The Bertz CT molecular complexity index is 1590. The molecule has 1 atom stereocenters. The monoisotopic (exact) mass is 1140 g/mol. The first-order valence-corrected chi connectivity index (χ1v) is 35.2. The summed E-state index contributed by atoms with van der Waals surface area (Å²) in [6.07, 6.45) is 95.0. The largest absolute Gasteiger partial charge is 0.462 e. The van der Waals surface area contributed by atoms with Crippen LogP contribution in [0.25, 0.3) is 0 Å². The zero-order valence-electron chi connectivity index (χ0n) is 54.2. The molecular weight excluding hydrogens is 1010 g/mol. The van der Waals surface area contributed by atoms with Gasteiger partial charge in [-0.15, -0.1) is 0 Å². The summed E-state index contributed by atoms with van der Waals surface area (Å²) < 4.78 is 16.8. The van der Waals surface area contributed by atoms with Crippen molar-refractivity contribution in [1.82, 2.24) is 0 Å². The van der Waals surface area contributed by atoms with E-state index >= 15 is 0 Å². The predicted octanol–water partition coefficient (Wildman–Crippen LogP) is 24.4. The lowest BCUT2D eigenvalue weighted by Crippen LogP contribution is -2.30. The van der Waals surface area contributed by atoms with Crippen molar-refractivity contribution < 1.29 is 28.6 Å². The molecule has 0 aliphatic rings. The maximum atomic E-state index is 12.8. The highest BCUT2D eigenvalue weighted by Crippen LogP contribution is 2.18. The van der Waals surface area contributed by atoms with Crippen LogP contribution in [0.3, 0.4) is 0 Å². The zero-order valence-corrected chi connectivity index (χ0v) is 54.2. The van der Waals surface area contributed by atoms with Crippen molar-refractivity contribution in [3.8, 4) is 0 Å². The van der Waals surface area contributed by atoms with E-state index < -0.39 is 12.1 Å². The molecule has 0 N–H and O–H groups in total. The van der Waals surface area contributed by atoms with Crippen LogP contribution in [-0.2, 0) is 28.6 Å². The van der Waals surface area contributed by atoms with Gasteiger partial charge in [0.05, 0.1) is 6.42 Å². The van der Waals surface area contributed by atoms with E-state index in [0.717, 1.165) is 109 Å². The minimum Gasteiger partial charge on any atom is -0.462 e. The standard InChI is InChI=1S/C76H132O6/c1-4-7-10-13-16-19-22-25-28-29-30-31-32-33-34-35-36-37-38-39-40-41-42-43-44-45-46-49-51-54-57-60-63-66-69-75(78)81-72-73(82-76(79)70-67-64-61-58-55-52-48-27-24-21-18-15-12-9-6-3)71-80-74(77)68-65-62-59-56-53-50-47-26-23-20-17-14-11-8-5-2/h8-9,11-12,17-18,20-21,26-27,47-48,55,58,64,67,73H,4-7,10,13-16,19,22-25,28-46,49-54,56-57,59-63,65-66,68-72H2,1-3H3/b11-8-,12-9-,20-17-,21-18-,47-26-,48-27-,58-55-,67-64-. The molecule has 0 aromatic heterocycles. The van der Waals surface area contributed by atoms with Crippen molar-refractivity contribution in [3.05, 3.63) is 97.2 Å². The number of ether oxygens (including phenoxy) is 3. The topological polar surface area (TPSA) is 78.9 Å². The summed E-state index contributed by atoms with van der Waals surface area (Å²) >= 11 is 0. The minimum atomic E-state index is -0.840. The summed E-state index contributed by atoms with van der Waals surface area (Å²) in [4.78, 5) is 38.2. The third-order valence-corrected chi connectivity index (χ3v) is 15.4. The van der Waals surface area contributed by atoms with Gasteiger partial charge in [0.1, 0.15) is 13.2 Å². The lowest BCUT2D eigenvalue weighted by molar-refractivity contribution is -0.166. The molecule has 0 aromatic rings. The van der Waals surface area contributed by atoms with Crippen LogP contribution in [0.2, 0.25) is 0 Å². The van der Waals surface area contributed by atoms with Crippen molar-refractivity contribution in [1.29, 1.82) is 0 Å². The van der Waals surface area contributed by atoms with Crippen LogP contribution in [0, 0.1) is 0 Å². The highest BCUT2D eigenvalue weighted by molar-refractivity contribution is 5.72. The van der Waals surface area contributed by atoms with Crippen LogP contribution in [0.4, 0.5) is 0 Å². The number of unbranched alkanes of at least 4 members (excludes halogenated alkanes) is 38. The molecule has 0 heterocycles. The lowest BCUT2D eigenvalue weighted by atomic mass is 10.0. The Morgan fingerprint density at radius 2 is 0.512 bits per heavy atom. The first-order chi connectivity index (χ1) is 40.5. The molecular formula is C76H132O6. The van der Waals surface area contributed by atoms with E-state index in [1.165, 1.54) is 199 Å². The average Bonchev–Trinajstić information content (AvgIpc) is 3.47. The van der Waals surface area contributed by atoms with Crippen LogP contribution >= 0.6 is 0 Å². The quantitative estimate of drug-likeness (QED) is 0.0261. The summed E-state index contributed by atoms with van der Waals surface area (Å²) in [5.74, 6) is -1.06. The van der Waals surface area contributed by atoms with Gasteiger partial charge in [0.2, 0.25) is 0 Å². The van der Waals surface area contributed by atoms with Gasteiger partial charge in [-0.05, 0) is 77.0 Å². The summed E-state index contributed by atoms with van der Waals surface area (Å²) in [6, 6.07) is 0. The molecule has 0 saturated heterocycles. The van der Waals surface area contributed by atoms with Crippen LogP contribution < -0.4 is 0 Å². The first-order valence-electron chi connectivity index (χ1n) is 35.2. The van der Waals surface area contributed by atoms with Crippen LogP contribution in [0.1, 0.15) is 348 Å². The molecule has 1 unspecified atom stereocenters. The fraction of sp³-hybridized carbons (Fsp3) is 0.750. The molecule has 0 fully saturated rings. The van der Waals surface area contributed by atoms with Crippen LogP contribution in [-0.4, -0.2) is 37.2 Å². The molecule has 0 aliphatic heterocycles. The van der Waals surface area contributed by atoms with Gasteiger partial charge in [0, 0.05) is 12.8 Å². The summed E-state index contributed by atoms with van der Waals surface area (Å²) in [7, 11) is 0. The highest BCUT2D eigenvalue weighted by atomic mass is 16.6. The van der Waals surface area contributed by atoms with Crippen molar-refractivity contribution >= 4 is 17.9 Å². The number of hydrogen-bond donors (Lipinski definition) is 0. The number of esters is 3. The van der Waals surface area contributed by atoms with E-state index in [9.17, 15) is 14.4 Å². The van der Waals surface area contributed by atoms with Crippen molar-refractivity contribution in [2.75, 3.05) is 13.2 Å². The van der Waals surface area contributed by atoms with Gasteiger partial charge in [-0.1, -0.05) is 349 Å². The summed E-state index contributed by atoms with van der Waals surface area (Å²) in [6.45, 7) is 6.35. The van der Waals surface area contributed by atoms with E-state index in [-0.39, 0.29) is 31.6 Å². The average molecular weight is 1140 g/mol. The molecule has 0 rings (SSSR count). The van der Waals surface area contributed by atoms with E-state index in [4.69, 9.17) is 14.2 Å². The third-order valence-electron chi connectivity index (χ3n) is 15.4. The Hall–Kier alpha value is -3.67. The first kappa shape index (κ1) is 78.3. The zero-order chi connectivity index (χ0) is 59.2. The molecule has 0 amide bonds. The van der Waals surface area contributed by atoms with Crippen molar-refractivity contribution in [3.63, 3.8) is 0 Å². The molecule has 6 nitrogen and oxygen atoms in total. The fourth-order valence-electron chi connectivity index (χ4n) is 10.2. The van der Waals surface area contributed by atoms with Gasteiger partial charge in [-0.3, -0.25) is 14.4 Å². The Labute approximate surface area is 508 Å². The van der Waals surface area contributed by atoms with Crippen LogP contribution in [0.15, 0.2) is 97.2 Å². The Kier molecular flexibility index (Phi) is 66.7. The second kappa shape index (κ2) is 69.8. The molecule has 0 saturated carbocycles.